The molecule has 0 aliphatic heterocycles. The zero-order chi connectivity index (χ0) is 16.5. The average Bonchev–Trinajstić information content (AvgIpc) is 2.51. The lowest BCUT2D eigenvalue weighted by Crippen LogP contribution is -2.29. The lowest BCUT2D eigenvalue weighted by atomic mass is 10.2. The predicted octanol–water partition coefficient (Wildman–Crippen LogP) is 2.47. The molecule has 0 unspecified atom stereocenters. The van der Waals surface area contributed by atoms with Crippen LogP contribution in [0.25, 0.3) is 0 Å². The number of nitrogens with zero attached hydrogens (tertiary/aromatic N) is 2. The number of aliphatic hydroxyl groups excluding tert-OH is 1. The van der Waals surface area contributed by atoms with Gasteiger partial charge in [0.2, 0.25) is 5.43 Å². The molecule has 126 valence electrons. The van der Waals surface area contributed by atoms with Crippen molar-refractivity contribution in [2.45, 2.75) is 66.2 Å². The predicted molar refractivity (Wildman–Crippen MR) is 89.1 cm³/mol. The molecule has 0 fully saturated rings. The van der Waals surface area contributed by atoms with Gasteiger partial charge in [0.15, 0.2) is 5.75 Å². The van der Waals surface area contributed by atoms with E-state index in [0.29, 0.717) is 24.5 Å². The van der Waals surface area contributed by atoms with Crippen LogP contribution in [0.4, 0.5) is 0 Å². The van der Waals surface area contributed by atoms with E-state index >= 15 is 0 Å². The summed E-state index contributed by atoms with van der Waals surface area (Å²) in [6, 6.07) is 1.35. The molecular weight excluding hydrogens is 280 g/mol. The molecule has 5 nitrogen and oxygen atoms in total. The van der Waals surface area contributed by atoms with E-state index in [2.05, 4.69) is 25.7 Å². The van der Waals surface area contributed by atoms with Crippen LogP contribution in [0.15, 0.2) is 10.9 Å². The highest BCUT2D eigenvalue weighted by atomic mass is 16.3. The van der Waals surface area contributed by atoms with Crippen molar-refractivity contribution in [1.82, 2.24) is 9.47 Å². The van der Waals surface area contributed by atoms with Gasteiger partial charge < -0.3 is 14.8 Å². The van der Waals surface area contributed by atoms with Crippen LogP contribution in [0.1, 0.15) is 57.8 Å². The number of aromatic hydroxyl groups is 1. The Labute approximate surface area is 133 Å². The van der Waals surface area contributed by atoms with Crippen molar-refractivity contribution in [3.8, 4) is 5.75 Å². The van der Waals surface area contributed by atoms with E-state index < -0.39 is 5.43 Å². The standard InChI is InChI=1S/C17H30N2O3/c1-4-7-10-19-14(13-20)11-16(21)17(22)15(19)12-18(8-5-2)9-6-3/h11,20,22H,4-10,12-13H2,1-3H3. The Balaban J connectivity index is 3.22. The molecule has 0 bridgehead atoms. The third-order valence-corrected chi connectivity index (χ3v) is 3.83. The van der Waals surface area contributed by atoms with Crippen LogP contribution in [0.2, 0.25) is 0 Å². The monoisotopic (exact) mass is 310 g/mol. The molecule has 0 atom stereocenters. The van der Waals surface area contributed by atoms with Gasteiger partial charge in [0.05, 0.1) is 12.3 Å². The molecule has 0 spiro atoms. The Kier molecular flexibility index (Phi) is 8.20. The van der Waals surface area contributed by atoms with Crippen LogP contribution in [0.3, 0.4) is 0 Å². The molecule has 1 rings (SSSR count). The number of hydrogen-bond acceptors (Lipinski definition) is 4. The molecule has 1 aromatic heterocycles. The first-order valence-electron chi connectivity index (χ1n) is 8.36. The third kappa shape index (κ3) is 4.85. The minimum Gasteiger partial charge on any atom is -0.503 e. The van der Waals surface area contributed by atoms with Gasteiger partial charge in [-0.05, 0) is 32.4 Å². The topological polar surface area (TPSA) is 65.7 Å². The molecule has 0 aliphatic carbocycles. The van der Waals surface area contributed by atoms with Crippen molar-refractivity contribution in [2.24, 2.45) is 0 Å². The summed E-state index contributed by atoms with van der Waals surface area (Å²) in [6.07, 6.45) is 4.02. The van der Waals surface area contributed by atoms with Crippen LogP contribution in [-0.2, 0) is 19.7 Å². The van der Waals surface area contributed by atoms with Crippen molar-refractivity contribution >= 4 is 0 Å². The normalized spacial score (nSPS) is 11.3. The van der Waals surface area contributed by atoms with Crippen molar-refractivity contribution in [3.63, 3.8) is 0 Å². The first kappa shape index (κ1) is 18.7. The third-order valence-electron chi connectivity index (χ3n) is 3.83. The highest BCUT2D eigenvalue weighted by molar-refractivity contribution is 5.30. The molecule has 0 saturated carbocycles. The first-order chi connectivity index (χ1) is 10.6. The summed E-state index contributed by atoms with van der Waals surface area (Å²) in [4.78, 5) is 14.2. The molecular formula is C17H30N2O3. The van der Waals surface area contributed by atoms with Crippen molar-refractivity contribution in [1.29, 1.82) is 0 Å². The molecule has 5 heteroatoms. The van der Waals surface area contributed by atoms with E-state index in [4.69, 9.17) is 0 Å². The molecule has 1 heterocycles. The average molecular weight is 310 g/mol. The van der Waals surface area contributed by atoms with E-state index in [-0.39, 0.29) is 12.4 Å². The Morgan fingerprint density at radius 1 is 1.14 bits per heavy atom. The van der Waals surface area contributed by atoms with Gasteiger partial charge in [-0.1, -0.05) is 27.2 Å². The summed E-state index contributed by atoms with van der Waals surface area (Å²) in [5, 5.41) is 19.8. The van der Waals surface area contributed by atoms with Gasteiger partial charge in [0.1, 0.15) is 0 Å². The van der Waals surface area contributed by atoms with Gasteiger partial charge in [-0.15, -0.1) is 0 Å². The number of rotatable bonds is 10. The van der Waals surface area contributed by atoms with Gasteiger partial charge in [-0.2, -0.15) is 0 Å². The van der Waals surface area contributed by atoms with E-state index in [1.54, 1.807) is 0 Å². The summed E-state index contributed by atoms with van der Waals surface area (Å²) in [6.45, 7) is 9.27. The summed E-state index contributed by atoms with van der Waals surface area (Å²) in [7, 11) is 0. The van der Waals surface area contributed by atoms with Crippen LogP contribution in [0.5, 0.6) is 5.75 Å². The van der Waals surface area contributed by atoms with Gasteiger partial charge >= 0.3 is 0 Å². The summed E-state index contributed by atoms with van der Waals surface area (Å²) < 4.78 is 1.92. The first-order valence-corrected chi connectivity index (χ1v) is 8.36. The van der Waals surface area contributed by atoms with Crippen LogP contribution in [0, 0.1) is 0 Å². The molecule has 22 heavy (non-hydrogen) atoms. The fourth-order valence-electron chi connectivity index (χ4n) is 2.74. The number of aromatic nitrogens is 1. The fraction of sp³-hybridized carbons (Fsp3) is 0.706. The van der Waals surface area contributed by atoms with Gasteiger partial charge in [0, 0.05) is 24.8 Å². The van der Waals surface area contributed by atoms with Gasteiger partial charge in [-0.25, -0.2) is 0 Å². The van der Waals surface area contributed by atoms with Crippen LogP contribution < -0.4 is 5.43 Å². The quantitative estimate of drug-likeness (QED) is 0.697. The maximum Gasteiger partial charge on any atom is 0.223 e. The zero-order valence-electron chi connectivity index (χ0n) is 14.1. The van der Waals surface area contributed by atoms with Gasteiger partial charge in [0.25, 0.3) is 0 Å². The second kappa shape index (κ2) is 9.64. The number of pyridine rings is 1. The van der Waals surface area contributed by atoms with E-state index in [9.17, 15) is 15.0 Å². The Morgan fingerprint density at radius 2 is 1.77 bits per heavy atom. The highest BCUT2D eigenvalue weighted by Crippen LogP contribution is 2.19. The largest absolute Gasteiger partial charge is 0.503 e. The maximum atomic E-state index is 11.9. The molecule has 2 N–H and O–H groups in total. The fourth-order valence-corrected chi connectivity index (χ4v) is 2.74. The van der Waals surface area contributed by atoms with Crippen LogP contribution >= 0.6 is 0 Å². The summed E-state index contributed by atoms with van der Waals surface area (Å²) in [5.41, 5.74) is 0.811. The minimum atomic E-state index is -0.403. The van der Waals surface area contributed by atoms with Crippen molar-refractivity contribution in [2.75, 3.05) is 13.1 Å². The van der Waals surface area contributed by atoms with Crippen molar-refractivity contribution < 1.29 is 10.2 Å². The minimum absolute atomic E-state index is 0.175. The lowest BCUT2D eigenvalue weighted by molar-refractivity contribution is 0.243. The van der Waals surface area contributed by atoms with E-state index in [1.807, 2.05) is 4.57 Å². The number of aliphatic hydroxyl groups is 1. The summed E-state index contributed by atoms with van der Waals surface area (Å²) in [5.74, 6) is -0.175. The maximum absolute atomic E-state index is 11.9. The molecule has 0 saturated heterocycles. The Hall–Kier alpha value is -1.33. The highest BCUT2D eigenvalue weighted by Gasteiger charge is 2.17. The van der Waals surface area contributed by atoms with E-state index in [0.717, 1.165) is 38.8 Å². The molecule has 1 aromatic rings. The second-order valence-electron chi connectivity index (χ2n) is 5.73. The molecule has 0 radical (unpaired) electrons. The Bertz CT molecular complexity index is 505. The molecule has 0 aliphatic rings. The zero-order valence-corrected chi connectivity index (χ0v) is 14.1. The molecule has 0 amide bonds. The summed E-state index contributed by atoms with van der Waals surface area (Å²) >= 11 is 0. The van der Waals surface area contributed by atoms with E-state index in [1.165, 1.54) is 6.07 Å². The second-order valence-corrected chi connectivity index (χ2v) is 5.73. The van der Waals surface area contributed by atoms with Gasteiger partial charge in [-0.3, -0.25) is 9.69 Å². The number of unbranched alkanes of at least 4 members (excludes halogenated alkanes) is 1. The SMILES string of the molecule is CCCCn1c(CO)cc(=O)c(O)c1CN(CCC)CCC. The number of hydrogen-bond donors (Lipinski definition) is 2. The van der Waals surface area contributed by atoms with Crippen LogP contribution in [-0.4, -0.2) is 32.8 Å². The lowest BCUT2D eigenvalue weighted by Gasteiger charge is -2.25. The smallest absolute Gasteiger partial charge is 0.223 e. The van der Waals surface area contributed by atoms with Crippen molar-refractivity contribution in [3.05, 3.63) is 27.7 Å². The Morgan fingerprint density at radius 3 is 2.27 bits per heavy atom. The molecule has 0 aromatic carbocycles.